The number of morpholine rings is 1. The van der Waals surface area contributed by atoms with Crippen LogP contribution in [0.3, 0.4) is 0 Å². The molecule has 5 aliphatic rings. The maximum Gasteiger partial charge on any atom is 0.223 e. The Balaban J connectivity index is 1.19. The van der Waals surface area contributed by atoms with Crippen molar-refractivity contribution in [1.82, 2.24) is 19.7 Å². The Labute approximate surface area is 224 Å². The van der Waals surface area contributed by atoms with Gasteiger partial charge < -0.3 is 9.64 Å². The second kappa shape index (κ2) is 7.74. The van der Waals surface area contributed by atoms with Crippen LogP contribution in [0, 0.1) is 12.8 Å². The lowest BCUT2D eigenvalue weighted by Crippen LogP contribution is -2.51. The fraction of sp³-hybridized carbons (Fsp3) is 0.500. The normalized spacial score (nSPS) is 23.9. The van der Waals surface area contributed by atoms with Crippen molar-refractivity contribution in [2.24, 2.45) is 10.9 Å². The first-order chi connectivity index (χ1) is 18.0. The summed E-state index contributed by atoms with van der Waals surface area (Å²) < 4.78 is 7.94. The van der Waals surface area contributed by atoms with E-state index in [1.54, 1.807) is 0 Å². The summed E-state index contributed by atoms with van der Waals surface area (Å²) in [5.41, 5.74) is 4.09. The summed E-state index contributed by atoms with van der Waals surface area (Å²) >= 11 is 8.59. The Morgan fingerprint density at radius 2 is 2.03 bits per heavy atom. The highest BCUT2D eigenvalue weighted by Gasteiger charge is 2.53. The smallest absolute Gasteiger partial charge is 0.223 e. The number of hydrogen-bond acceptors (Lipinski definition) is 6. The molecular formula is C28H28ClN5O2S. The highest BCUT2D eigenvalue weighted by molar-refractivity contribution is 7.15. The van der Waals surface area contributed by atoms with E-state index in [0.29, 0.717) is 36.5 Å². The van der Waals surface area contributed by atoms with Gasteiger partial charge in [0.2, 0.25) is 5.91 Å². The standard InChI is InChI=1S/C28H28ClN5O2S/c1-16-31-32-26-28(8-9-28)30-24(18-4-2-3-5-20(18)29)23-19-12-17(13-21(19)37-25(23)34(16)26)14-22(35)33-10-11-36-15-27(33)6-7-27/h2-5,17H,6-15H2,1H3/t17-/m0/s1. The largest absolute Gasteiger partial charge is 0.377 e. The van der Waals surface area contributed by atoms with Gasteiger partial charge >= 0.3 is 0 Å². The Hall–Kier alpha value is -2.55. The van der Waals surface area contributed by atoms with Crippen molar-refractivity contribution < 1.29 is 9.53 Å². The van der Waals surface area contributed by atoms with E-state index in [1.165, 1.54) is 16.0 Å². The number of fused-ring (bicyclic) bond motifs is 6. The summed E-state index contributed by atoms with van der Waals surface area (Å²) in [7, 11) is 0. The van der Waals surface area contributed by atoms with Gasteiger partial charge in [0.25, 0.3) is 0 Å². The van der Waals surface area contributed by atoms with Crippen molar-refractivity contribution in [2.45, 2.75) is 62.9 Å². The number of hydrogen-bond donors (Lipinski definition) is 0. The van der Waals surface area contributed by atoms with Crippen LogP contribution in [0.4, 0.5) is 0 Å². The first-order valence-electron chi connectivity index (χ1n) is 13.3. The molecule has 0 N–H and O–H groups in total. The molecular weight excluding hydrogens is 506 g/mol. The minimum Gasteiger partial charge on any atom is -0.377 e. The molecule has 37 heavy (non-hydrogen) atoms. The average Bonchev–Trinajstić information content (AvgIpc) is 3.72. The summed E-state index contributed by atoms with van der Waals surface area (Å²) in [6.07, 6.45) is 6.49. The van der Waals surface area contributed by atoms with Crippen molar-refractivity contribution in [1.29, 1.82) is 0 Å². The average molecular weight is 534 g/mol. The first kappa shape index (κ1) is 22.4. The number of carbonyl (C=O) groups is 1. The molecule has 1 aromatic carbocycles. The number of aliphatic imine (C=N–C) groups is 1. The summed E-state index contributed by atoms with van der Waals surface area (Å²) in [5.74, 6) is 2.44. The van der Waals surface area contributed by atoms with Crippen LogP contribution >= 0.6 is 22.9 Å². The minimum absolute atomic E-state index is 0.0132. The zero-order valence-corrected chi connectivity index (χ0v) is 22.4. The Kier molecular flexibility index (Phi) is 4.69. The van der Waals surface area contributed by atoms with E-state index in [-0.39, 0.29) is 11.1 Å². The minimum atomic E-state index is -0.329. The second-order valence-corrected chi connectivity index (χ2v) is 12.9. The molecule has 4 heterocycles. The predicted octanol–water partition coefficient (Wildman–Crippen LogP) is 4.63. The van der Waals surface area contributed by atoms with Crippen molar-refractivity contribution in [2.75, 3.05) is 19.8 Å². The molecule has 3 aliphatic carbocycles. The number of amides is 1. The molecule has 3 aromatic rings. The fourth-order valence-electron chi connectivity index (χ4n) is 6.61. The highest BCUT2D eigenvalue weighted by atomic mass is 35.5. The van der Waals surface area contributed by atoms with Gasteiger partial charge in [0.1, 0.15) is 16.4 Å². The molecule has 1 amide bonds. The van der Waals surface area contributed by atoms with Gasteiger partial charge in [-0.05, 0) is 63.0 Å². The van der Waals surface area contributed by atoms with E-state index in [4.69, 9.17) is 21.3 Å². The van der Waals surface area contributed by atoms with Crippen LogP contribution in [0.5, 0.6) is 0 Å². The van der Waals surface area contributed by atoms with Crippen LogP contribution in [0.2, 0.25) is 5.02 Å². The Bertz CT molecular complexity index is 1500. The molecule has 3 fully saturated rings. The number of halogens is 1. The third-order valence-corrected chi connectivity index (χ3v) is 10.5. The lowest BCUT2D eigenvalue weighted by atomic mass is 9.96. The number of thiophene rings is 1. The molecule has 2 spiro atoms. The number of rotatable bonds is 3. The number of ether oxygens (including phenoxy) is 1. The summed E-state index contributed by atoms with van der Waals surface area (Å²) in [6, 6.07) is 8.02. The van der Waals surface area contributed by atoms with Gasteiger partial charge in [0.05, 0.1) is 24.5 Å². The molecule has 2 saturated carbocycles. The van der Waals surface area contributed by atoms with Gasteiger partial charge in [-0.15, -0.1) is 21.5 Å². The molecule has 1 saturated heterocycles. The molecule has 1 atom stereocenters. The molecule has 190 valence electrons. The third kappa shape index (κ3) is 3.28. The zero-order chi connectivity index (χ0) is 24.9. The van der Waals surface area contributed by atoms with Gasteiger partial charge in [0.15, 0.2) is 5.82 Å². The predicted molar refractivity (Wildman–Crippen MR) is 142 cm³/mol. The lowest BCUT2D eigenvalue weighted by molar-refractivity contribution is -0.142. The van der Waals surface area contributed by atoms with Gasteiger partial charge in [-0.2, -0.15) is 0 Å². The molecule has 0 radical (unpaired) electrons. The molecule has 9 heteroatoms. The van der Waals surface area contributed by atoms with Crippen molar-refractivity contribution in [3.05, 3.63) is 62.5 Å². The number of aryl methyl sites for hydroxylation is 1. The van der Waals surface area contributed by atoms with Gasteiger partial charge in [-0.25, -0.2) is 0 Å². The molecule has 0 bridgehead atoms. The van der Waals surface area contributed by atoms with E-state index in [2.05, 4.69) is 25.7 Å². The number of nitrogens with zero attached hydrogens (tertiary/aromatic N) is 5. The third-order valence-electron chi connectivity index (χ3n) is 8.89. The maximum absolute atomic E-state index is 13.4. The zero-order valence-electron chi connectivity index (χ0n) is 20.8. The monoisotopic (exact) mass is 533 g/mol. The van der Waals surface area contributed by atoms with Crippen LogP contribution in [-0.4, -0.2) is 56.6 Å². The number of carbonyl (C=O) groups excluding carboxylic acids is 1. The van der Waals surface area contributed by atoms with Gasteiger partial charge in [-0.1, -0.05) is 29.8 Å². The SMILES string of the molecule is Cc1nnc2n1-c1sc3c(c1C(c1ccccc1Cl)=NC21CC1)C[C@H](CC(=O)N1CCOCC12CC2)C3. The highest BCUT2D eigenvalue weighted by Crippen LogP contribution is 2.54. The van der Waals surface area contributed by atoms with Crippen LogP contribution in [0.15, 0.2) is 29.3 Å². The van der Waals surface area contributed by atoms with Crippen LogP contribution in [0.25, 0.3) is 5.00 Å². The van der Waals surface area contributed by atoms with Gasteiger partial charge in [-0.3, -0.25) is 14.4 Å². The number of benzene rings is 1. The topological polar surface area (TPSA) is 72.6 Å². The van der Waals surface area contributed by atoms with E-state index in [1.807, 2.05) is 36.5 Å². The van der Waals surface area contributed by atoms with Gasteiger partial charge in [0, 0.05) is 34.0 Å². The van der Waals surface area contributed by atoms with Crippen LogP contribution in [-0.2, 0) is 27.9 Å². The van der Waals surface area contributed by atoms with Crippen molar-refractivity contribution >= 4 is 34.6 Å². The fourth-order valence-corrected chi connectivity index (χ4v) is 8.33. The van der Waals surface area contributed by atoms with Crippen LogP contribution < -0.4 is 0 Å². The summed E-state index contributed by atoms with van der Waals surface area (Å²) in [4.78, 5) is 22.3. The van der Waals surface area contributed by atoms with E-state index in [9.17, 15) is 4.79 Å². The van der Waals surface area contributed by atoms with Crippen molar-refractivity contribution in [3.63, 3.8) is 0 Å². The first-order valence-corrected chi connectivity index (χ1v) is 14.5. The molecule has 2 aliphatic heterocycles. The molecule has 0 unspecified atom stereocenters. The Morgan fingerprint density at radius 3 is 2.81 bits per heavy atom. The summed E-state index contributed by atoms with van der Waals surface area (Å²) in [6.45, 7) is 4.10. The molecule has 2 aromatic heterocycles. The second-order valence-electron chi connectivity index (χ2n) is 11.4. The van der Waals surface area contributed by atoms with E-state index >= 15 is 0 Å². The molecule has 8 rings (SSSR count). The lowest BCUT2D eigenvalue weighted by Gasteiger charge is -2.36. The van der Waals surface area contributed by atoms with Crippen molar-refractivity contribution in [3.8, 4) is 5.00 Å². The maximum atomic E-state index is 13.4. The molecule has 7 nitrogen and oxygen atoms in total. The number of aromatic nitrogens is 3. The summed E-state index contributed by atoms with van der Waals surface area (Å²) in [5, 5.41) is 10.9. The van der Waals surface area contributed by atoms with E-state index < -0.39 is 0 Å². The Morgan fingerprint density at radius 1 is 1.19 bits per heavy atom. The van der Waals surface area contributed by atoms with Crippen LogP contribution in [0.1, 0.15) is 65.3 Å². The van der Waals surface area contributed by atoms with E-state index in [0.717, 1.165) is 73.0 Å². The quantitative estimate of drug-likeness (QED) is 0.492.